The van der Waals surface area contributed by atoms with Crippen LogP contribution in [0.25, 0.3) is 0 Å². The summed E-state index contributed by atoms with van der Waals surface area (Å²) in [5, 5.41) is -0.674. The van der Waals surface area contributed by atoms with Crippen molar-refractivity contribution in [3.63, 3.8) is 0 Å². The van der Waals surface area contributed by atoms with Crippen LogP contribution >= 0.6 is 11.8 Å². The molecule has 70 valence electrons. The third-order valence-corrected chi connectivity index (χ3v) is 3.56. The van der Waals surface area contributed by atoms with Crippen molar-refractivity contribution in [2.24, 2.45) is 5.73 Å². The predicted octanol–water partition coefficient (Wildman–Crippen LogP) is -1.35. The lowest BCUT2D eigenvalue weighted by atomic mass is 10.2. The molecule has 8 heteroatoms. The van der Waals surface area contributed by atoms with E-state index in [9.17, 15) is 13.2 Å². The average molecular weight is 212 g/mol. The van der Waals surface area contributed by atoms with Gasteiger partial charge in [-0.15, -0.1) is 11.8 Å². The first-order valence-corrected chi connectivity index (χ1v) is 5.67. The van der Waals surface area contributed by atoms with E-state index in [2.05, 4.69) is 0 Å². The monoisotopic (exact) mass is 212 g/mol. The average Bonchev–Trinajstić information content (AvgIpc) is 1.95. The van der Waals surface area contributed by atoms with E-state index in [-0.39, 0.29) is 0 Å². The van der Waals surface area contributed by atoms with Crippen LogP contribution in [0, 0.1) is 0 Å². The Kier molecular flexibility index (Phi) is 2.34. The molecule has 2 atom stereocenters. The minimum absolute atomic E-state index is 0.377. The van der Waals surface area contributed by atoms with Gasteiger partial charge in [-0.2, -0.15) is 12.7 Å². The molecular weight excluding hydrogens is 204 g/mol. The lowest BCUT2D eigenvalue weighted by molar-refractivity contribution is -0.137. The fourth-order valence-corrected chi connectivity index (χ4v) is 2.98. The maximum absolute atomic E-state index is 10.8. The van der Waals surface area contributed by atoms with Crippen molar-refractivity contribution in [2.75, 3.05) is 6.26 Å². The van der Waals surface area contributed by atoms with E-state index in [1.165, 1.54) is 0 Å². The molecule has 0 aliphatic carbocycles. The van der Waals surface area contributed by atoms with E-state index >= 15 is 0 Å². The number of β-lactam (4-membered cyclic amide) rings is 1. The normalized spacial score (nSPS) is 30.2. The first kappa shape index (κ1) is 9.78. The Morgan fingerprint density at radius 1 is 1.67 bits per heavy atom. The molecule has 0 saturated carbocycles. The van der Waals surface area contributed by atoms with Crippen LogP contribution in [-0.4, -0.2) is 40.9 Å². The van der Waals surface area contributed by atoms with Crippen LogP contribution in [0.2, 0.25) is 0 Å². The van der Waals surface area contributed by atoms with Crippen molar-refractivity contribution < 1.29 is 17.8 Å². The molecule has 3 N–H and O–H groups in total. The molecule has 0 bridgehead atoms. The molecule has 1 aliphatic heterocycles. The summed E-state index contributed by atoms with van der Waals surface area (Å²) in [7, 11) is -4.43. The first-order valence-electron chi connectivity index (χ1n) is 2.98. The van der Waals surface area contributed by atoms with Crippen molar-refractivity contribution in [1.29, 1.82) is 0 Å². The van der Waals surface area contributed by atoms with Crippen LogP contribution in [0.4, 0.5) is 0 Å². The van der Waals surface area contributed by atoms with Gasteiger partial charge in [0.25, 0.3) is 5.91 Å². The van der Waals surface area contributed by atoms with Gasteiger partial charge in [-0.25, -0.2) is 0 Å². The van der Waals surface area contributed by atoms with Gasteiger partial charge in [-0.3, -0.25) is 9.35 Å². The molecule has 12 heavy (non-hydrogen) atoms. The smallest absolute Gasteiger partial charge is 0.317 e. The molecule has 0 spiro atoms. The second-order valence-electron chi connectivity index (χ2n) is 2.26. The number of hydrogen-bond donors (Lipinski definition) is 2. The van der Waals surface area contributed by atoms with Crippen molar-refractivity contribution in [2.45, 2.75) is 11.4 Å². The number of amides is 1. The number of thioether (sulfide) groups is 1. The second kappa shape index (κ2) is 2.87. The number of rotatable bonds is 2. The van der Waals surface area contributed by atoms with E-state index in [4.69, 9.17) is 10.3 Å². The standard InChI is InChI=1S/C4H8N2O4S2/c1-11-4-2(5)3(7)6(4)12(8,9)10/h2,4H,5H2,1H3,(H,8,9,10)/t2-,4?/m1/s1. The van der Waals surface area contributed by atoms with Crippen LogP contribution in [0.15, 0.2) is 0 Å². The van der Waals surface area contributed by atoms with Crippen LogP contribution in [0.1, 0.15) is 0 Å². The molecule has 1 amide bonds. The van der Waals surface area contributed by atoms with Gasteiger partial charge in [0.05, 0.1) is 0 Å². The zero-order chi connectivity index (χ0) is 9.52. The first-order chi connectivity index (χ1) is 5.39. The fourth-order valence-electron chi connectivity index (χ4n) is 0.945. The quantitative estimate of drug-likeness (QED) is 0.433. The topological polar surface area (TPSA) is 101 Å². The number of nitrogens with two attached hydrogens (primary N) is 1. The Morgan fingerprint density at radius 3 is 2.42 bits per heavy atom. The summed E-state index contributed by atoms with van der Waals surface area (Å²) in [5.74, 6) is -0.767. The van der Waals surface area contributed by atoms with Crippen LogP contribution < -0.4 is 5.73 Å². The zero-order valence-electron chi connectivity index (χ0n) is 6.17. The number of carbonyl (C=O) groups is 1. The van der Waals surface area contributed by atoms with E-state index in [0.29, 0.717) is 4.31 Å². The summed E-state index contributed by atoms with van der Waals surface area (Å²) in [6.07, 6.45) is 1.61. The minimum atomic E-state index is -4.43. The Labute approximate surface area is 74.0 Å². The molecule has 0 radical (unpaired) electrons. The van der Waals surface area contributed by atoms with Crippen LogP contribution in [0.3, 0.4) is 0 Å². The Morgan fingerprint density at radius 2 is 2.17 bits per heavy atom. The second-order valence-corrected chi connectivity index (χ2v) is 4.51. The lowest BCUT2D eigenvalue weighted by Gasteiger charge is -2.40. The fraction of sp³-hybridized carbons (Fsp3) is 0.750. The Balaban J connectivity index is 2.88. The van der Waals surface area contributed by atoms with Crippen molar-refractivity contribution in [3.8, 4) is 0 Å². The van der Waals surface area contributed by atoms with Crippen molar-refractivity contribution in [1.82, 2.24) is 4.31 Å². The summed E-state index contributed by atoms with van der Waals surface area (Å²) in [6, 6.07) is -0.832. The summed E-state index contributed by atoms with van der Waals surface area (Å²) in [4.78, 5) is 10.8. The van der Waals surface area contributed by atoms with Gasteiger partial charge in [-0.05, 0) is 6.26 Å². The van der Waals surface area contributed by atoms with Gasteiger partial charge in [0.1, 0.15) is 11.4 Å². The van der Waals surface area contributed by atoms with Gasteiger partial charge in [0, 0.05) is 0 Å². The van der Waals surface area contributed by atoms with Crippen molar-refractivity contribution in [3.05, 3.63) is 0 Å². The molecule has 0 aromatic heterocycles. The third kappa shape index (κ3) is 1.30. The van der Waals surface area contributed by atoms with E-state index in [0.717, 1.165) is 11.8 Å². The summed E-state index contributed by atoms with van der Waals surface area (Å²) in [6.45, 7) is 0. The number of nitrogens with zero attached hydrogens (tertiary/aromatic N) is 1. The Hall–Kier alpha value is -0.310. The molecule has 1 unspecified atom stereocenters. The molecule has 1 aliphatic rings. The molecule has 1 rings (SSSR count). The molecular formula is C4H8N2O4S2. The molecule has 6 nitrogen and oxygen atoms in total. The Bertz CT molecular complexity index is 300. The number of carbonyl (C=O) groups excluding carboxylic acids is 1. The number of hydrogen-bond acceptors (Lipinski definition) is 5. The largest absolute Gasteiger partial charge is 0.363 e. The van der Waals surface area contributed by atoms with Gasteiger partial charge < -0.3 is 5.73 Å². The molecule has 1 saturated heterocycles. The summed E-state index contributed by atoms with van der Waals surface area (Å²) < 4.78 is 30.0. The van der Waals surface area contributed by atoms with E-state index < -0.39 is 27.6 Å². The van der Waals surface area contributed by atoms with E-state index in [1.54, 1.807) is 6.26 Å². The zero-order valence-corrected chi connectivity index (χ0v) is 7.80. The highest BCUT2D eigenvalue weighted by Gasteiger charge is 2.50. The van der Waals surface area contributed by atoms with Crippen molar-refractivity contribution >= 4 is 28.0 Å². The van der Waals surface area contributed by atoms with Gasteiger partial charge in [0.15, 0.2) is 0 Å². The maximum atomic E-state index is 10.8. The highest BCUT2D eigenvalue weighted by molar-refractivity contribution is 8.00. The van der Waals surface area contributed by atoms with Gasteiger partial charge >= 0.3 is 10.3 Å². The SMILES string of the molecule is CSC1[C@H](N)C(=O)N1S(=O)(=O)O. The summed E-state index contributed by atoms with van der Waals surface area (Å²) in [5.41, 5.74) is 5.28. The summed E-state index contributed by atoms with van der Waals surface area (Å²) >= 11 is 1.10. The minimum Gasteiger partial charge on any atom is -0.317 e. The highest BCUT2D eigenvalue weighted by Crippen LogP contribution is 2.28. The highest BCUT2D eigenvalue weighted by atomic mass is 32.2. The predicted molar refractivity (Wildman–Crippen MR) is 43.7 cm³/mol. The molecule has 0 aromatic rings. The van der Waals surface area contributed by atoms with Crippen LogP contribution in [0.5, 0.6) is 0 Å². The molecule has 1 fully saturated rings. The molecule has 0 aromatic carbocycles. The maximum Gasteiger partial charge on any atom is 0.363 e. The van der Waals surface area contributed by atoms with E-state index in [1.807, 2.05) is 0 Å². The third-order valence-electron chi connectivity index (χ3n) is 1.53. The van der Waals surface area contributed by atoms with Crippen LogP contribution in [-0.2, 0) is 15.1 Å². The van der Waals surface area contributed by atoms with Gasteiger partial charge in [0.2, 0.25) is 0 Å². The molecule has 1 heterocycles. The lowest BCUT2D eigenvalue weighted by Crippen LogP contribution is -2.68. The van der Waals surface area contributed by atoms with Gasteiger partial charge in [-0.1, -0.05) is 0 Å².